The van der Waals surface area contributed by atoms with Crippen molar-refractivity contribution in [3.05, 3.63) is 40.7 Å². The van der Waals surface area contributed by atoms with Crippen LogP contribution in [0.4, 0.5) is 15.2 Å². The maximum atomic E-state index is 13.6. The molecule has 0 aliphatic rings. The molecular formula is C12H11FN2O2S. The largest absolute Gasteiger partial charge is 0.476 e. The number of anilines is 2. The van der Waals surface area contributed by atoms with Crippen LogP contribution in [0.15, 0.2) is 24.3 Å². The number of rotatable bonds is 3. The summed E-state index contributed by atoms with van der Waals surface area (Å²) in [7, 11) is 1.66. The number of aryl methyl sites for hydroxylation is 1. The van der Waals surface area contributed by atoms with Crippen LogP contribution in [0.2, 0.25) is 0 Å². The predicted molar refractivity (Wildman–Crippen MR) is 68.3 cm³/mol. The number of aromatic carboxylic acids is 1. The summed E-state index contributed by atoms with van der Waals surface area (Å²) in [5, 5.41) is 9.39. The van der Waals surface area contributed by atoms with E-state index in [9.17, 15) is 9.18 Å². The normalized spacial score (nSPS) is 10.4. The summed E-state index contributed by atoms with van der Waals surface area (Å²) in [5.74, 6) is -1.44. The smallest absolute Gasteiger partial charge is 0.355 e. The maximum Gasteiger partial charge on any atom is 0.355 e. The Balaban J connectivity index is 2.41. The average molecular weight is 266 g/mol. The minimum Gasteiger partial charge on any atom is -0.476 e. The Morgan fingerprint density at radius 3 is 2.67 bits per heavy atom. The van der Waals surface area contributed by atoms with Gasteiger partial charge in [0.05, 0.1) is 5.69 Å². The van der Waals surface area contributed by atoms with Crippen LogP contribution in [0.25, 0.3) is 0 Å². The third-order valence-electron chi connectivity index (χ3n) is 2.49. The number of halogens is 1. The fraction of sp³-hybridized carbons (Fsp3) is 0.167. The molecule has 0 atom stereocenters. The molecule has 6 heteroatoms. The second-order valence-electron chi connectivity index (χ2n) is 3.72. The number of carboxylic acids is 1. The minimum absolute atomic E-state index is 0.0122. The molecule has 0 aliphatic carbocycles. The van der Waals surface area contributed by atoms with Gasteiger partial charge >= 0.3 is 5.97 Å². The summed E-state index contributed by atoms with van der Waals surface area (Å²) in [5.41, 5.74) is 0.376. The van der Waals surface area contributed by atoms with E-state index >= 15 is 0 Å². The third kappa shape index (κ3) is 2.19. The first-order valence-corrected chi connectivity index (χ1v) is 6.01. The van der Waals surface area contributed by atoms with Gasteiger partial charge in [-0.3, -0.25) is 0 Å². The van der Waals surface area contributed by atoms with Gasteiger partial charge in [0.15, 0.2) is 10.8 Å². The number of nitrogens with zero attached hydrogens (tertiary/aromatic N) is 2. The van der Waals surface area contributed by atoms with Crippen LogP contribution < -0.4 is 4.90 Å². The topological polar surface area (TPSA) is 53.4 Å². The van der Waals surface area contributed by atoms with Crippen molar-refractivity contribution in [3.8, 4) is 0 Å². The molecule has 2 aromatic rings. The lowest BCUT2D eigenvalue weighted by molar-refractivity contribution is 0.0690. The molecule has 1 aromatic carbocycles. The van der Waals surface area contributed by atoms with E-state index in [1.807, 2.05) is 0 Å². The Labute approximate surface area is 107 Å². The number of para-hydroxylation sites is 1. The van der Waals surface area contributed by atoms with Gasteiger partial charge < -0.3 is 10.0 Å². The fourth-order valence-corrected chi connectivity index (χ4v) is 2.43. The van der Waals surface area contributed by atoms with Gasteiger partial charge in [0.1, 0.15) is 5.82 Å². The summed E-state index contributed by atoms with van der Waals surface area (Å²) in [6.45, 7) is 1.68. The maximum absolute atomic E-state index is 13.6. The molecule has 0 bridgehead atoms. The lowest BCUT2D eigenvalue weighted by atomic mass is 10.3. The molecule has 18 heavy (non-hydrogen) atoms. The number of benzene rings is 1. The first-order chi connectivity index (χ1) is 8.50. The summed E-state index contributed by atoms with van der Waals surface area (Å²) in [6.07, 6.45) is 0. The molecule has 2 rings (SSSR count). The number of thiazole rings is 1. The van der Waals surface area contributed by atoms with E-state index in [1.165, 1.54) is 17.4 Å². The van der Waals surface area contributed by atoms with Crippen molar-refractivity contribution in [2.24, 2.45) is 0 Å². The van der Waals surface area contributed by atoms with Crippen LogP contribution >= 0.6 is 11.3 Å². The van der Waals surface area contributed by atoms with E-state index in [0.717, 1.165) is 0 Å². The molecule has 0 spiro atoms. The lowest BCUT2D eigenvalue weighted by Gasteiger charge is -2.16. The number of hydrogen-bond acceptors (Lipinski definition) is 4. The summed E-state index contributed by atoms with van der Waals surface area (Å²) in [6, 6.07) is 6.28. The van der Waals surface area contributed by atoms with E-state index in [2.05, 4.69) is 4.98 Å². The fourth-order valence-electron chi connectivity index (χ4n) is 1.55. The van der Waals surface area contributed by atoms with Crippen molar-refractivity contribution in [2.45, 2.75) is 6.92 Å². The van der Waals surface area contributed by atoms with E-state index in [1.54, 1.807) is 37.1 Å². The van der Waals surface area contributed by atoms with Crippen molar-refractivity contribution in [1.29, 1.82) is 0 Å². The van der Waals surface area contributed by atoms with E-state index in [0.29, 0.717) is 15.7 Å². The highest BCUT2D eigenvalue weighted by Gasteiger charge is 2.18. The Hall–Kier alpha value is -1.95. The molecule has 0 aliphatic heterocycles. The number of hydrogen-bond donors (Lipinski definition) is 1. The van der Waals surface area contributed by atoms with Gasteiger partial charge in [-0.15, -0.1) is 11.3 Å². The van der Waals surface area contributed by atoms with Crippen LogP contribution in [-0.4, -0.2) is 23.1 Å². The molecule has 4 nitrogen and oxygen atoms in total. The molecule has 0 unspecified atom stereocenters. The van der Waals surface area contributed by atoms with Crippen LogP contribution in [0.1, 0.15) is 15.4 Å². The molecule has 1 heterocycles. The van der Waals surface area contributed by atoms with E-state index in [-0.39, 0.29) is 11.5 Å². The number of aromatic nitrogens is 1. The number of carboxylic acid groups (broad SMARTS) is 1. The minimum atomic E-state index is -1.07. The Kier molecular flexibility index (Phi) is 3.29. The van der Waals surface area contributed by atoms with E-state index < -0.39 is 5.97 Å². The van der Waals surface area contributed by atoms with Crippen LogP contribution in [0.5, 0.6) is 0 Å². The van der Waals surface area contributed by atoms with Gasteiger partial charge in [-0.2, -0.15) is 0 Å². The molecule has 0 fully saturated rings. The molecular weight excluding hydrogens is 255 g/mol. The van der Waals surface area contributed by atoms with Gasteiger partial charge in [0.2, 0.25) is 0 Å². The van der Waals surface area contributed by atoms with Gasteiger partial charge in [0, 0.05) is 11.9 Å². The molecule has 0 amide bonds. The first kappa shape index (κ1) is 12.5. The molecule has 1 N–H and O–H groups in total. The predicted octanol–water partition coefficient (Wildman–Crippen LogP) is 3.06. The monoisotopic (exact) mass is 266 g/mol. The van der Waals surface area contributed by atoms with Crippen molar-refractivity contribution in [2.75, 3.05) is 11.9 Å². The second kappa shape index (κ2) is 4.73. The first-order valence-electron chi connectivity index (χ1n) is 5.19. The van der Waals surface area contributed by atoms with Crippen molar-refractivity contribution < 1.29 is 14.3 Å². The van der Waals surface area contributed by atoms with Crippen molar-refractivity contribution in [1.82, 2.24) is 4.98 Å². The quantitative estimate of drug-likeness (QED) is 0.927. The van der Waals surface area contributed by atoms with Gasteiger partial charge in [-0.05, 0) is 19.1 Å². The zero-order valence-electron chi connectivity index (χ0n) is 9.85. The highest BCUT2D eigenvalue weighted by molar-refractivity contribution is 7.15. The zero-order valence-corrected chi connectivity index (χ0v) is 10.7. The molecule has 0 saturated heterocycles. The average Bonchev–Trinajstić information content (AvgIpc) is 2.71. The zero-order chi connectivity index (χ0) is 13.3. The molecule has 0 saturated carbocycles. The summed E-state index contributed by atoms with van der Waals surface area (Å²) in [4.78, 5) is 17.1. The van der Waals surface area contributed by atoms with Gasteiger partial charge in [-0.1, -0.05) is 12.1 Å². The lowest BCUT2D eigenvalue weighted by Crippen LogP contribution is -2.11. The Morgan fingerprint density at radius 2 is 2.11 bits per heavy atom. The number of carbonyl (C=O) groups is 1. The molecule has 94 valence electrons. The molecule has 0 radical (unpaired) electrons. The molecule has 1 aromatic heterocycles. The third-order valence-corrected chi connectivity index (χ3v) is 3.54. The van der Waals surface area contributed by atoms with Gasteiger partial charge in [0.25, 0.3) is 0 Å². The van der Waals surface area contributed by atoms with Crippen LogP contribution in [0.3, 0.4) is 0 Å². The van der Waals surface area contributed by atoms with Crippen molar-refractivity contribution in [3.63, 3.8) is 0 Å². The van der Waals surface area contributed by atoms with Crippen LogP contribution in [-0.2, 0) is 0 Å². The van der Waals surface area contributed by atoms with Gasteiger partial charge in [-0.25, -0.2) is 14.2 Å². The highest BCUT2D eigenvalue weighted by Crippen LogP contribution is 2.31. The van der Waals surface area contributed by atoms with Crippen molar-refractivity contribution >= 4 is 28.1 Å². The van der Waals surface area contributed by atoms with Crippen LogP contribution in [0, 0.1) is 12.7 Å². The Morgan fingerprint density at radius 1 is 1.44 bits per heavy atom. The summed E-state index contributed by atoms with van der Waals surface area (Å²) >= 11 is 1.22. The summed E-state index contributed by atoms with van der Waals surface area (Å²) < 4.78 is 13.6. The standard InChI is InChI=1S/C12H11FN2O2S/c1-7-10(11(16)17)14-12(18-7)15(2)9-6-4-3-5-8(9)13/h3-6H,1-2H3,(H,16,17). The Bertz CT molecular complexity index is 598. The van der Waals surface area contributed by atoms with E-state index in [4.69, 9.17) is 5.11 Å². The second-order valence-corrected chi connectivity index (χ2v) is 4.90. The SMILES string of the molecule is Cc1sc(N(C)c2ccccc2F)nc1C(=O)O. The highest BCUT2D eigenvalue weighted by atomic mass is 32.1.